The Hall–Kier alpha value is -4.87. The van der Waals surface area contributed by atoms with Crippen LogP contribution in [0.4, 0.5) is 4.79 Å². The minimum atomic E-state index is -0.980. The van der Waals surface area contributed by atoms with E-state index in [1.165, 1.54) is 6.08 Å². The van der Waals surface area contributed by atoms with E-state index in [0.717, 1.165) is 11.1 Å². The maximum absolute atomic E-state index is 12.9. The predicted molar refractivity (Wildman–Crippen MR) is 162 cm³/mol. The van der Waals surface area contributed by atoms with Crippen molar-refractivity contribution in [3.05, 3.63) is 77.9 Å². The van der Waals surface area contributed by atoms with E-state index >= 15 is 0 Å². The molecule has 0 saturated carbocycles. The molecule has 42 heavy (non-hydrogen) atoms. The minimum absolute atomic E-state index is 0.00684. The van der Waals surface area contributed by atoms with Gasteiger partial charge in [0.2, 0.25) is 17.7 Å². The van der Waals surface area contributed by atoms with E-state index in [9.17, 15) is 19.2 Å². The first-order valence-electron chi connectivity index (χ1n) is 13.7. The fourth-order valence-corrected chi connectivity index (χ4v) is 3.69. The smallest absolute Gasteiger partial charge is 0.408 e. The van der Waals surface area contributed by atoms with Gasteiger partial charge in [-0.3, -0.25) is 19.4 Å². The predicted octanol–water partition coefficient (Wildman–Crippen LogP) is 1.42. The molecular weight excluding hydrogens is 538 g/mol. The van der Waals surface area contributed by atoms with Gasteiger partial charge in [0.25, 0.3) is 0 Å². The lowest BCUT2D eigenvalue weighted by Crippen LogP contribution is -2.52. The van der Waals surface area contributed by atoms with Crippen molar-refractivity contribution in [2.45, 2.75) is 45.4 Å². The van der Waals surface area contributed by atoms with Gasteiger partial charge < -0.3 is 37.5 Å². The number of rotatable bonds is 16. The fourth-order valence-electron chi connectivity index (χ4n) is 3.69. The Morgan fingerprint density at radius 2 is 1.60 bits per heavy atom. The first-order valence-corrected chi connectivity index (χ1v) is 13.7. The maximum Gasteiger partial charge on any atom is 0.408 e. The molecule has 2 aromatic carbocycles. The molecule has 0 saturated heterocycles. The number of aliphatic imine (C=N–C) groups is 1. The highest BCUT2D eigenvalue weighted by atomic mass is 16.5. The number of guanidine groups is 1. The molecule has 0 radical (unpaired) electrons. The molecule has 12 nitrogen and oxygen atoms in total. The van der Waals surface area contributed by atoms with Crippen molar-refractivity contribution >= 4 is 35.9 Å². The van der Waals surface area contributed by atoms with Gasteiger partial charge in [-0.25, -0.2) is 4.79 Å². The zero-order chi connectivity index (χ0) is 30.7. The Balaban J connectivity index is 1.86. The fraction of sp³-hybridized carbons (Fsp3) is 0.367. The summed E-state index contributed by atoms with van der Waals surface area (Å²) in [5.74, 6) is -1.37. The van der Waals surface area contributed by atoms with Gasteiger partial charge in [0.05, 0.1) is 6.54 Å². The van der Waals surface area contributed by atoms with Crippen LogP contribution in [0.2, 0.25) is 0 Å². The highest BCUT2D eigenvalue weighted by Crippen LogP contribution is 2.05. The summed E-state index contributed by atoms with van der Waals surface area (Å²) in [7, 11) is 0. The van der Waals surface area contributed by atoms with Crippen molar-refractivity contribution in [3.63, 3.8) is 0 Å². The minimum Gasteiger partial charge on any atom is -0.445 e. The molecule has 0 aliphatic rings. The maximum atomic E-state index is 12.9. The lowest BCUT2D eigenvalue weighted by atomic mass is 10.0. The number of nitrogens with zero attached hydrogens (tertiary/aromatic N) is 1. The van der Waals surface area contributed by atoms with Crippen molar-refractivity contribution in [2.24, 2.45) is 22.4 Å². The lowest BCUT2D eigenvalue weighted by Gasteiger charge is -2.23. The third-order valence-corrected chi connectivity index (χ3v) is 6.06. The number of ether oxygens (including phenoxy) is 1. The van der Waals surface area contributed by atoms with E-state index in [2.05, 4.69) is 26.3 Å². The molecule has 0 unspecified atom stereocenters. The second-order valence-corrected chi connectivity index (χ2v) is 9.83. The molecule has 0 aliphatic carbocycles. The number of carbonyl (C=O) groups excluding carboxylic acids is 4. The quantitative estimate of drug-likeness (QED) is 0.0750. The summed E-state index contributed by atoms with van der Waals surface area (Å²) in [4.78, 5) is 54.1. The van der Waals surface area contributed by atoms with Crippen LogP contribution in [0.25, 0.3) is 6.08 Å². The third kappa shape index (κ3) is 14.0. The first kappa shape index (κ1) is 33.3. The molecule has 0 spiro atoms. The molecule has 0 aliphatic heterocycles. The summed E-state index contributed by atoms with van der Waals surface area (Å²) in [5, 5.41) is 10.7. The monoisotopic (exact) mass is 579 g/mol. The van der Waals surface area contributed by atoms with Crippen LogP contribution in [0.5, 0.6) is 0 Å². The standard InChI is InChI=1S/C30H41N7O5/c1-21(2)25(18-34-26(38)16-15-22-10-5-3-6-11-22)36-27(39)19-35-28(40)24(14-9-17-33-29(31)32)37-30(41)42-20-23-12-7-4-8-13-23/h3-8,10-13,15-16,21,24-25H,9,14,17-20H2,1-2H3,(H,34,38)(H,35,40)(H,36,39)(H,37,41)(H4,31,32,33)/b16-15+/t24-,25+/m0/s1. The van der Waals surface area contributed by atoms with Crippen molar-refractivity contribution in [1.29, 1.82) is 0 Å². The van der Waals surface area contributed by atoms with Gasteiger partial charge >= 0.3 is 6.09 Å². The van der Waals surface area contributed by atoms with Gasteiger partial charge in [-0.15, -0.1) is 0 Å². The van der Waals surface area contributed by atoms with Crippen LogP contribution < -0.4 is 32.7 Å². The van der Waals surface area contributed by atoms with Gasteiger partial charge in [0.1, 0.15) is 12.6 Å². The molecule has 0 aromatic heterocycles. The SMILES string of the molecule is CC(C)[C@@H](CNC(=O)/C=C/c1ccccc1)NC(=O)CNC(=O)[C@H](CCCN=C(N)N)NC(=O)OCc1ccccc1. The Labute approximate surface area is 246 Å². The first-order chi connectivity index (χ1) is 20.1. The second-order valence-electron chi connectivity index (χ2n) is 9.83. The third-order valence-electron chi connectivity index (χ3n) is 6.06. The van der Waals surface area contributed by atoms with Crippen molar-refractivity contribution in [1.82, 2.24) is 21.3 Å². The summed E-state index contributed by atoms with van der Waals surface area (Å²) in [5.41, 5.74) is 12.4. The molecule has 2 rings (SSSR count). The molecule has 4 amide bonds. The lowest BCUT2D eigenvalue weighted by molar-refractivity contribution is -0.127. The highest BCUT2D eigenvalue weighted by molar-refractivity contribution is 5.92. The number of carbonyl (C=O) groups is 4. The molecule has 226 valence electrons. The molecule has 0 bridgehead atoms. The van der Waals surface area contributed by atoms with Gasteiger partial charge in [0.15, 0.2) is 5.96 Å². The Morgan fingerprint density at radius 1 is 0.929 bits per heavy atom. The summed E-state index contributed by atoms with van der Waals surface area (Å²) in [6.45, 7) is 4.00. The summed E-state index contributed by atoms with van der Waals surface area (Å²) in [6, 6.07) is 17.2. The van der Waals surface area contributed by atoms with Crippen molar-refractivity contribution in [3.8, 4) is 0 Å². The Morgan fingerprint density at radius 3 is 2.24 bits per heavy atom. The Bertz CT molecular complexity index is 1200. The van der Waals surface area contributed by atoms with E-state index in [4.69, 9.17) is 16.2 Å². The molecule has 12 heteroatoms. The molecule has 0 heterocycles. The summed E-state index contributed by atoms with van der Waals surface area (Å²) in [6.07, 6.45) is 2.96. The summed E-state index contributed by atoms with van der Waals surface area (Å²) < 4.78 is 5.23. The largest absolute Gasteiger partial charge is 0.445 e. The summed E-state index contributed by atoms with van der Waals surface area (Å²) >= 11 is 0. The van der Waals surface area contributed by atoms with Crippen LogP contribution >= 0.6 is 0 Å². The molecule has 2 aromatic rings. The van der Waals surface area contributed by atoms with Crippen LogP contribution in [0.15, 0.2) is 71.7 Å². The highest BCUT2D eigenvalue weighted by Gasteiger charge is 2.23. The molecule has 2 atom stereocenters. The van der Waals surface area contributed by atoms with Crippen LogP contribution in [0, 0.1) is 5.92 Å². The van der Waals surface area contributed by atoms with E-state index < -0.39 is 23.9 Å². The van der Waals surface area contributed by atoms with Crippen molar-refractivity contribution < 1.29 is 23.9 Å². The van der Waals surface area contributed by atoms with Gasteiger partial charge in [-0.05, 0) is 36.0 Å². The second kappa shape index (κ2) is 18.5. The number of hydrogen-bond donors (Lipinski definition) is 6. The average Bonchev–Trinajstić information content (AvgIpc) is 2.98. The number of nitrogens with one attached hydrogen (secondary N) is 4. The van der Waals surface area contributed by atoms with Crippen LogP contribution in [0.3, 0.4) is 0 Å². The number of alkyl carbamates (subject to hydrolysis) is 1. The van der Waals surface area contributed by atoms with Crippen LogP contribution in [-0.2, 0) is 25.7 Å². The molecular formula is C30H41N7O5. The van der Waals surface area contributed by atoms with E-state index in [-0.39, 0.29) is 56.5 Å². The van der Waals surface area contributed by atoms with Gasteiger partial charge in [0, 0.05) is 25.2 Å². The van der Waals surface area contributed by atoms with E-state index in [0.29, 0.717) is 6.42 Å². The zero-order valence-corrected chi connectivity index (χ0v) is 24.0. The van der Waals surface area contributed by atoms with Crippen LogP contribution in [-0.4, -0.2) is 61.5 Å². The topological polar surface area (TPSA) is 190 Å². The number of benzene rings is 2. The number of nitrogens with two attached hydrogens (primary N) is 2. The molecule has 8 N–H and O–H groups in total. The normalized spacial score (nSPS) is 12.2. The molecule has 0 fully saturated rings. The van der Waals surface area contributed by atoms with E-state index in [1.807, 2.05) is 74.5 Å². The number of hydrogen-bond acceptors (Lipinski definition) is 6. The van der Waals surface area contributed by atoms with Crippen molar-refractivity contribution in [2.75, 3.05) is 19.6 Å². The average molecular weight is 580 g/mol. The number of amides is 4. The zero-order valence-electron chi connectivity index (χ0n) is 24.0. The van der Waals surface area contributed by atoms with Gasteiger partial charge in [-0.2, -0.15) is 0 Å². The van der Waals surface area contributed by atoms with Gasteiger partial charge in [-0.1, -0.05) is 74.5 Å². The van der Waals surface area contributed by atoms with Crippen LogP contribution in [0.1, 0.15) is 37.8 Å². The Kier molecular flexibility index (Phi) is 14.7. The van der Waals surface area contributed by atoms with E-state index in [1.54, 1.807) is 6.08 Å².